The normalized spacial score (nSPS) is 15.7. The Morgan fingerprint density at radius 2 is 1.85 bits per heavy atom. The second kappa shape index (κ2) is 8.73. The second-order valence-electron chi connectivity index (χ2n) is 7.53. The number of piperazine rings is 1. The van der Waals surface area contributed by atoms with Crippen molar-refractivity contribution in [2.75, 3.05) is 45.2 Å². The number of anilines is 1. The minimum atomic E-state index is -0.349. The van der Waals surface area contributed by atoms with E-state index < -0.39 is 0 Å². The van der Waals surface area contributed by atoms with Crippen LogP contribution in [-0.4, -0.2) is 61.4 Å². The van der Waals surface area contributed by atoms with E-state index in [-0.39, 0.29) is 17.2 Å². The van der Waals surface area contributed by atoms with Crippen LogP contribution >= 0.6 is 11.6 Å². The van der Waals surface area contributed by atoms with Crippen molar-refractivity contribution < 1.29 is 14.3 Å². The van der Waals surface area contributed by atoms with Gasteiger partial charge < -0.3 is 15.0 Å². The molecule has 2 rings (SSSR count). The van der Waals surface area contributed by atoms with E-state index in [1.807, 2.05) is 25.7 Å². The summed E-state index contributed by atoms with van der Waals surface area (Å²) >= 11 is 5.98. The van der Waals surface area contributed by atoms with Crippen molar-refractivity contribution in [3.05, 3.63) is 23.2 Å². The smallest absolute Gasteiger partial charge is 0.228 e. The number of nitrogens with one attached hydrogen (secondary N) is 1. The number of hydrogen-bond donors (Lipinski definition) is 1. The van der Waals surface area contributed by atoms with Crippen LogP contribution in [-0.2, 0) is 9.59 Å². The van der Waals surface area contributed by atoms with E-state index in [1.165, 1.54) is 0 Å². The van der Waals surface area contributed by atoms with Crippen LogP contribution in [0.15, 0.2) is 18.2 Å². The van der Waals surface area contributed by atoms with Crippen molar-refractivity contribution in [3.8, 4) is 5.75 Å². The minimum absolute atomic E-state index is 0.0845. The van der Waals surface area contributed by atoms with Gasteiger partial charge in [-0.3, -0.25) is 14.5 Å². The summed E-state index contributed by atoms with van der Waals surface area (Å²) in [6, 6.07) is 5.12. The maximum Gasteiger partial charge on any atom is 0.228 e. The highest BCUT2D eigenvalue weighted by Crippen LogP contribution is 2.27. The van der Waals surface area contributed by atoms with Crippen molar-refractivity contribution >= 4 is 29.1 Å². The number of carbonyl (C=O) groups excluding carboxylic acids is 2. The average Bonchev–Trinajstić information content (AvgIpc) is 2.59. The van der Waals surface area contributed by atoms with Crippen molar-refractivity contribution in [1.29, 1.82) is 0 Å². The third-order valence-corrected chi connectivity index (χ3v) is 4.63. The van der Waals surface area contributed by atoms with Gasteiger partial charge in [-0.15, -0.1) is 0 Å². The van der Waals surface area contributed by atoms with E-state index in [4.69, 9.17) is 16.3 Å². The molecule has 0 aromatic heterocycles. The Balaban J connectivity index is 1.79. The van der Waals surface area contributed by atoms with Crippen LogP contribution in [0.5, 0.6) is 5.75 Å². The van der Waals surface area contributed by atoms with Gasteiger partial charge in [0.2, 0.25) is 11.8 Å². The van der Waals surface area contributed by atoms with Gasteiger partial charge in [0.05, 0.1) is 12.8 Å². The first-order valence-corrected chi connectivity index (χ1v) is 9.23. The van der Waals surface area contributed by atoms with Crippen LogP contribution in [0, 0.1) is 5.41 Å². The highest BCUT2D eigenvalue weighted by atomic mass is 35.5. The number of halogens is 1. The summed E-state index contributed by atoms with van der Waals surface area (Å²) in [6.45, 7) is 9.47. The molecule has 1 aromatic carbocycles. The van der Waals surface area contributed by atoms with E-state index >= 15 is 0 Å². The molecule has 0 saturated carbocycles. The van der Waals surface area contributed by atoms with Crippen LogP contribution in [0.2, 0.25) is 5.02 Å². The Bertz CT molecular complexity index is 650. The molecule has 144 valence electrons. The number of nitrogens with zero attached hydrogens (tertiary/aromatic N) is 2. The van der Waals surface area contributed by atoms with Gasteiger partial charge in [-0.05, 0) is 18.2 Å². The van der Waals surface area contributed by atoms with Gasteiger partial charge in [0.15, 0.2) is 0 Å². The molecule has 0 unspecified atom stereocenters. The fourth-order valence-electron chi connectivity index (χ4n) is 2.90. The van der Waals surface area contributed by atoms with Crippen molar-refractivity contribution in [3.63, 3.8) is 0 Å². The van der Waals surface area contributed by atoms with Crippen molar-refractivity contribution in [2.24, 2.45) is 5.41 Å². The first kappa shape index (κ1) is 20.5. The van der Waals surface area contributed by atoms with Crippen molar-refractivity contribution in [2.45, 2.75) is 27.2 Å². The Labute approximate surface area is 160 Å². The maximum atomic E-state index is 12.3. The number of rotatable bonds is 5. The topological polar surface area (TPSA) is 61.9 Å². The molecule has 6 nitrogen and oxygen atoms in total. The summed E-state index contributed by atoms with van der Waals surface area (Å²) in [5, 5.41) is 3.39. The van der Waals surface area contributed by atoms with Crippen LogP contribution in [0.25, 0.3) is 0 Å². The number of methoxy groups -OCH3 is 1. The Hall–Kier alpha value is -1.79. The highest BCUT2D eigenvalue weighted by molar-refractivity contribution is 6.31. The molecular formula is C19H28ClN3O3. The average molecular weight is 382 g/mol. The molecule has 0 atom stereocenters. The van der Waals surface area contributed by atoms with Crippen LogP contribution in [0.1, 0.15) is 27.2 Å². The first-order valence-electron chi connectivity index (χ1n) is 8.86. The predicted octanol–water partition coefficient (Wildman–Crippen LogP) is 2.87. The van der Waals surface area contributed by atoms with Gasteiger partial charge in [-0.1, -0.05) is 32.4 Å². The Kier molecular flexibility index (Phi) is 6.89. The second-order valence-corrected chi connectivity index (χ2v) is 7.96. The minimum Gasteiger partial charge on any atom is -0.495 e. The molecule has 0 bridgehead atoms. The van der Waals surface area contributed by atoms with Gasteiger partial charge >= 0.3 is 0 Å². The SMILES string of the molecule is COc1ccc(Cl)cc1NC(=O)CCN1CCN(C(=O)C(C)(C)C)CC1. The van der Waals surface area contributed by atoms with Crippen LogP contribution in [0.4, 0.5) is 5.69 Å². The van der Waals surface area contributed by atoms with Gasteiger partial charge in [-0.2, -0.15) is 0 Å². The fourth-order valence-corrected chi connectivity index (χ4v) is 3.07. The maximum absolute atomic E-state index is 12.3. The number of hydrogen-bond acceptors (Lipinski definition) is 4. The Morgan fingerprint density at radius 1 is 1.19 bits per heavy atom. The van der Waals surface area contributed by atoms with E-state index in [0.29, 0.717) is 42.5 Å². The summed E-state index contributed by atoms with van der Waals surface area (Å²) in [7, 11) is 1.55. The molecule has 0 aliphatic carbocycles. The Morgan fingerprint density at radius 3 is 2.42 bits per heavy atom. The molecule has 1 aromatic rings. The fraction of sp³-hybridized carbons (Fsp3) is 0.579. The number of benzene rings is 1. The summed E-state index contributed by atoms with van der Waals surface area (Å²) in [5.74, 6) is 0.679. The highest BCUT2D eigenvalue weighted by Gasteiger charge is 2.29. The molecule has 0 spiro atoms. The third-order valence-electron chi connectivity index (χ3n) is 4.39. The monoisotopic (exact) mass is 381 g/mol. The van der Waals surface area contributed by atoms with Crippen molar-refractivity contribution in [1.82, 2.24) is 9.80 Å². The van der Waals surface area contributed by atoms with E-state index in [9.17, 15) is 9.59 Å². The molecule has 1 aliphatic heterocycles. The number of carbonyl (C=O) groups is 2. The van der Waals surface area contributed by atoms with Gasteiger partial charge in [0.25, 0.3) is 0 Å². The number of ether oxygens (including phenoxy) is 1. The first-order chi connectivity index (χ1) is 12.2. The van der Waals surface area contributed by atoms with Crippen LogP contribution < -0.4 is 10.1 Å². The largest absolute Gasteiger partial charge is 0.495 e. The molecule has 1 N–H and O–H groups in total. The molecule has 26 heavy (non-hydrogen) atoms. The molecule has 1 saturated heterocycles. The molecule has 1 heterocycles. The zero-order valence-electron chi connectivity index (χ0n) is 16.0. The molecule has 7 heteroatoms. The third kappa shape index (κ3) is 5.61. The van der Waals surface area contributed by atoms with Gasteiger partial charge in [0, 0.05) is 49.6 Å². The van der Waals surface area contributed by atoms with E-state index in [0.717, 1.165) is 13.1 Å². The molecule has 2 amide bonds. The standard InChI is InChI=1S/C19H28ClN3O3/c1-19(2,3)18(25)23-11-9-22(10-12-23)8-7-17(24)21-15-13-14(20)5-6-16(15)26-4/h5-6,13H,7-12H2,1-4H3,(H,21,24). The zero-order chi connectivity index (χ0) is 19.3. The summed E-state index contributed by atoms with van der Waals surface area (Å²) in [4.78, 5) is 28.7. The lowest BCUT2D eigenvalue weighted by molar-refractivity contribution is -0.141. The lowest BCUT2D eigenvalue weighted by Gasteiger charge is -2.37. The van der Waals surface area contributed by atoms with E-state index in [2.05, 4.69) is 10.2 Å². The lowest BCUT2D eigenvalue weighted by Crippen LogP contribution is -2.51. The summed E-state index contributed by atoms with van der Waals surface area (Å²) < 4.78 is 5.24. The molecular weight excluding hydrogens is 354 g/mol. The summed E-state index contributed by atoms with van der Waals surface area (Å²) in [6.07, 6.45) is 0.378. The van der Waals surface area contributed by atoms with Crippen LogP contribution in [0.3, 0.4) is 0 Å². The lowest BCUT2D eigenvalue weighted by atomic mass is 9.94. The van der Waals surface area contributed by atoms with Gasteiger partial charge in [-0.25, -0.2) is 0 Å². The molecule has 0 radical (unpaired) electrons. The summed E-state index contributed by atoms with van der Waals surface area (Å²) in [5.41, 5.74) is 0.225. The van der Waals surface area contributed by atoms with Gasteiger partial charge in [0.1, 0.15) is 5.75 Å². The van der Waals surface area contributed by atoms with E-state index in [1.54, 1.807) is 25.3 Å². The predicted molar refractivity (Wildman–Crippen MR) is 104 cm³/mol. The quantitative estimate of drug-likeness (QED) is 0.851. The number of amides is 2. The molecule has 1 fully saturated rings. The zero-order valence-corrected chi connectivity index (χ0v) is 16.7. The molecule has 1 aliphatic rings.